The van der Waals surface area contributed by atoms with Crippen LogP contribution in [0.5, 0.6) is 0 Å². The lowest BCUT2D eigenvalue weighted by molar-refractivity contribution is 0.0942. The van der Waals surface area contributed by atoms with Crippen LogP contribution in [0.3, 0.4) is 0 Å². The second-order valence-electron chi connectivity index (χ2n) is 5.80. The van der Waals surface area contributed by atoms with Gasteiger partial charge >= 0.3 is 0 Å². The van der Waals surface area contributed by atoms with Gasteiger partial charge < -0.3 is 14.7 Å². The highest BCUT2D eigenvalue weighted by atomic mass is 19.1. The molecule has 1 aromatic heterocycles. The summed E-state index contributed by atoms with van der Waals surface area (Å²) in [6.45, 7) is 0.369. The third kappa shape index (κ3) is 3.85. The van der Waals surface area contributed by atoms with E-state index in [0.29, 0.717) is 6.54 Å². The molecule has 1 amide bonds. The molecule has 0 spiro atoms. The summed E-state index contributed by atoms with van der Waals surface area (Å²) in [5.41, 5.74) is 2.44. The molecular formula is C19H18FN3O2. The molecule has 6 heteroatoms. The van der Waals surface area contributed by atoms with E-state index < -0.39 is 5.82 Å². The summed E-state index contributed by atoms with van der Waals surface area (Å²) in [7, 11) is 3.93. The molecule has 0 bridgehead atoms. The van der Waals surface area contributed by atoms with Crippen LogP contribution in [-0.2, 0) is 6.54 Å². The average Bonchev–Trinajstić information content (AvgIpc) is 3.10. The quantitative estimate of drug-likeness (QED) is 0.773. The Morgan fingerprint density at radius 1 is 1.16 bits per heavy atom. The maximum atomic E-state index is 13.8. The van der Waals surface area contributed by atoms with E-state index >= 15 is 0 Å². The Labute approximate surface area is 145 Å². The molecule has 128 valence electrons. The normalized spacial score (nSPS) is 10.5. The number of nitrogens with zero attached hydrogens (tertiary/aromatic N) is 2. The van der Waals surface area contributed by atoms with Crippen LogP contribution in [0.4, 0.5) is 10.1 Å². The molecule has 3 rings (SSSR count). The monoisotopic (exact) mass is 339 g/mol. The number of hydrogen-bond acceptors (Lipinski definition) is 4. The van der Waals surface area contributed by atoms with E-state index in [0.717, 1.165) is 11.3 Å². The van der Waals surface area contributed by atoms with E-state index in [1.54, 1.807) is 18.2 Å². The van der Waals surface area contributed by atoms with Crippen LogP contribution in [0.15, 0.2) is 59.1 Å². The molecule has 1 heterocycles. The molecule has 3 aromatic rings. The van der Waals surface area contributed by atoms with Crippen LogP contribution >= 0.6 is 0 Å². The van der Waals surface area contributed by atoms with Crippen molar-refractivity contribution in [2.24, 2.45) is 0 Å². The Balaban J connectivity index is 1.65. The Kier molecular flexibility index (Phi) is 4.79. The maximum Gasteiger partial charge on any atom is 0.273 e. The third-order valence-corrected chi connectivity index (χ3v) is 3.79. The van der Waals surface area contributed by atoms with Crippen molar-refractivity contribution in [2.45, 2.75) is 6.54 Å². The minimum Gasteiger partial charge on any atom is -0.378 e. The van der Waals surface area contributed by atoms with Gasteiger partial charge in [-0.25, -0.2) is 4.39 Å². The van der Waals surface area contributed by atoms with Gasteiger partial charge in [0.05, 0.1) is 5.56 Å². The fraction of sp³-hybridized carbons (Fsp3) is 0.158. The van der Waals surface area contributed by atoms with Crippen molar-refractivity contribution < 1.29 is 13.7 Å². The number of anilines is 1. The second-order valence-corrected chi connectivity index (χ2v) is 5.80. The van der Waals surface area contributed by atoms with Crippen molar-refractivity contribution in [2.75, 3.05) is 19.0 Å². The lowest BCUT2D eigenvalue weighted by Crippen LogP contribution is -2.23. The largest absolute Gasteiger partial charge is 0.378 e. The van der Waals surface area contributed by atoms with Crippen LogP contribution in [0.1, 0.15) is 16.1 Å². The van der Waals surface area contributed by atoms with Gasteiger partial charge in [0, 0.05) is 32.4 Å². The van der Waals surface area contributed by atoms with Gasteiger partial charge in [0.1, 0.15) is 5.82 Å². The summed E-state index contributed by atoms with van der Waals surface area (Å²) in [5.74, 6) is -0.576. The first-order valence-electron chi connectivity index (χ1n) is 7.80. The summed E-state index contributed by atoms with van der Waals surface area (Å²) < 4.78 is 18.8. The average molecular weight is 339 g/mol. The van der Waals surface area contributed by atoms with Gasteiger partial charge in [-0.2, -0.15) is 0 Å². The van der Waals surface area contributed by atoms with Crippen molar-refractivity contribution in [3.63, 3.8) is 0 Å². The van der Waals surface area contributed by atoms with Gasteiger partial charge in [-0.3, -0.25) is 4.79 Å². The smallest absolute Gasteiger partial charge is 0.273 e. The van der Waals surface area contributed by atoms with Crippen molar-refractivity contribution in [1.29, 1.82) is 0 Å². The number of halogens is 1. The van der Waals surface area contributed by atoms with Crippen molar-refractivity contribution in [3.8, 4) is 11.3 Å². The van der Waals surface area contributed by atoms with E-state index in [9.17, 15) is 9.18 Å². The van der Waals surface area contributed by atoms with E-state index in [1.807, 2.05) is 43.3 Å². The zero-order valence-electron chi connectivity index (χ0n) is 14.0. The molecule has 0 atom stereocenters. The highest BCUT2D eigenvalue weighted by Crippen LogP contribution is 2.23. The lowest BCUT2D eigenvalue weighted by Gasteiger charge is -2.12. The van der Waals surface area contributed by atoms with Crippen LogP contribution in [0, 0.1) is 5.82 Å². The number of nitrogens with one attached hydrogen (secondary N) is 1. The molecule has 0 fully saturated rings. The standard InChI is InChI=1S/C19H18FN3O2/c1-23(2)14-9-7-13(8-10-14)12-21-19(24)17-11-18(25-22-17)15-5-3-4-6-16(15)20/h3-11H,12H2,1-2H3,(H,21,24). The first-order chi connectivity index (χ1) is 12.0. The van der Waals surface area contributed by atoms with Crippen molar-refractivity contribution in [1.82, 2.24) is 10.5 Å². The fourth-order valence-electron chi connectivity index (χ4n) is 2.36. The molecule has 25 heavy (non-hydrogen) atoms. The summed E-state index contributed by atoms with van der Waals surface area (Å²) in [5, 5.41) is 6.50. The fourth-order valence-corrected chi connectivity index (χ4v) is 2.36. The molecule has 2 aromatic carbocycles. The summed E-state index contributed by atoms with van der Waals surface area (Å²) in [6, 6.07) is 15.5. The zero-order chi connectivity index (χ0) is 17.8. The molecule has 0 saturated carbocycles. The first kappa shape index (κ1) is 16.7. The van der Waals surface area contributed by atoms with Gasteiger partial charge in [0.2, 0.25) is 0 Å². The second kappa shape index (κ2) is 7.17. The minimum absolute atomic E-state index is 0.114. The number of amides is 1. The minimum atomic E-state index is -0.424. The maximum absolute atomic E-state index is 13.8. The molecule has 1 N–H and O–H groups in total. The van der Waals surface area contributed by atoms with Crippen LogP contribution in [0.2, 0.25) is 0 Å². The highest BCUT2D eigenvalue weighted by Gasteiger charge is 2.15. The summed E-state index contributed by atoms with van der Waals surface area (Å²) in [6.07, 6.45) is 0. The molecule has 0 saturated heterocycles. The molecule has 0 aliphatic rings. The number of rotatable bonds is 5. The van der Waals surface area contributed by atoms with Crippen LogP contribution < -0.4 is 10.2 Å². The van der Waals surface area contributed by atoms with Crippen molar-refractivity contribution in [3.05, 3.63) is 71.7 Å². The number of carbonyl (C=O) groups is 1. The Morgan fingerprint density at radius 2 is 1.88 bits per heavy atom. The highest BCUT2D eigenvalue weighted by molar-refractivity contribution is 5.93. The van der Waals surface area contributed by atoms with E-state index in [2.05, 4.69) is 10.5 Å². The van der Waals surface area contributed by atoms with Gasteiger partial charge in [-0.15, -0.1) is 0 Å². The summed E-state index contributed by atoms with van der Waals surface area (Å²) >= 11 is 0. The van der Waals surface area contributed by atoms with Gasteiger partial charge in [-0.05, 0) is 29.8 Å². The Morgan fingerprint density at radius 3 is 2.56 bits per heavy atom. The number of hydrogen-bond donors (Lipinski definition) is 1. The molecule has 0 aliphatic heterocycles. The molecule has 0 radical (unpaired) electrons. The summed E-state index contributed by atoms with van der Waals surface area (Å²) in [4.78, 5) is 14.2. The lowest BCUT2D eigenvalue weighted by atomic mass is 10.1. The molecule has 0 unspecified atom stereocenters. The van der Waals surface area contributed by atoms with Gasteiger partial charge in [0.15, 0.2) is 11.5 Å². The van der Waals surface area contributed by atoms with Gasteiger partial charge in [-0.1, -0.05) is 29.4 Å². The zero-order valence-corrected chi connectivity index (χ0v) is 14.0. The predicted molar refractivity (Wildman–Crippen MR) is 93.8 cm³/mol. The van der Waals surface area contributed by atoms with E-state index in [-0.39, 0.29) is 22.9 Å². The molecule has 0 aliphatic carbocycles. The molecular weight excluding hydrogens is 321 g/mol. The topological polar surface area (TPSA) is 58.4 Å². The Bertz CT molecular complexity index is 872. The number of aromatic nitrogens is 1. The molecule has 5 nitrogen and oxygen atoms in total. The van der Waals surface area contributed by atoms with E-state index in [4.69, 9.17) is 4.52 Å². The number of benzene rings is 2. The van der Waals surface area contributed by atoms with E-state index in [1.165, 1.54) is 12.1 Å². The van der Waals surface area contributed by atoms with Gasteiger partial charge in [0.25, 0.3) is 5.91 Å². The van der Waals surface area contributed by atoms with Crippen LogP contribution in [0.25, 0.3) is 11.3 Å². The first-order valence-corrected chi connectivity index (χ1v) is 7.80. The van der Waals surface area contributed by atoms with Crippen molar-refractivity contribution >= 4 is 11.6 Å². The number of carbonyl (C=O) groups excluding carboxylic acids is 1. The third-order valence-electron chi connectivity index (χ3n) is 3.79. The SMILES string of the molecule is CN(C)c1ccc(CNC(=O)c2cc(-c3ccccc3F)on2)cc1. The van der Waals surface area contributed by atoms with Crippen LogP contribution in [-0.4, -0.2) is 25.2 Å². The Hall–Kier alpha value is -3.15. The predicted octanol–water partition coefficient (Wildman–Crippen LogP) is 3.48.